The van der Waals surface area contributed by atoms with Gasteiger partial charge >= 0.3 is 0 Å². The second-order valence-electron chi connectivity index (χ2n) is 8.95. The highest BCUT2D eigenvalue weighted by atomic mass is 16.5. The minimum absolute atomic E-state index is 0.0116. The molecule has 3 aromatic rings. The van der Waals surface area contributed by atoms with E-state index in [0.717, 1.165) is 11.1 Å². The first-order valence-electron chi connectivity index (χ1n) is 10.9. The number of ketones is 1. The van der Waals surface area contributed by atoms with E-state index in [4.69, 9.17) is 9.15 Å². The maximum Gasteiger partial charge on any atom is 0.294 e. The minimum Gasteiger partial charge on any atom is -0.503 e. The molecule has 0 fully saturated rings. The summed E-state index contributed by atoms with van der Waals surface area (Å²) in [4.78, 5) is 32.3. The number of anilines is 1. The Bertz CT molecular complexity index is 1220. The number of ether oxygens (including phenoxy) is 1. The Morgan fingerprint density at radius 3 is 2.50 bits per heavy atom. The lowest BCUT2D eigenvalue weighted by atomic mass is 9.82. The van der Waals surface area contributed by atoms with Crippen LogP contribution in [0.3, 0.4) is 0 Å². The van der Waals surface area contributed by atoms with E-state index in [1.54, 1.807) is 57.6 Å². The van der Waals surface area contributed by atoms with Crippen LogP contribution in [0, 0.1) is 5.41 Å². The van der Waals surface area contributed by atoms with Crippen LogP contribution in [0.5, 0.6) is 5.88 Å². The summed E-state index contributed by atoms with van der Waals surface area (Å²) in [6.45, 7) is 4.94. The largest absolute Gasteiger partial charge is 0.503 e. The average molecular weight is 463 g/mol. The average Bonchev–Trinajstić information content (AvgIpc) is 3.44. The summed E-state index contributed by atoms with van der Waals surface area (Å²) < 4.78 is 10.8. The normalized spacial score (nSPS) is 16.3. The number of aromatic nitrogens is 1. The van der Waals surface area contributed by atoms with E-state index >= 15 is 0 Å². The first kappa shape index (κ1) is 23.3. The Labute approximate surface area is 197 Å². The van der Waals surface area contributed by atoms with Gasteiger partial charge in [0.15, 0.2) is 11.5 Å². The number of rotatable bonds is 7. The van der Waals surface area contributed by atoms with E-state index < -0.39 is 23.1 Å². The number of carbonyl (C=O) groups excluding carboxylic acids is 2. The fourth-order valence-electron chi connectivity index (χ4n) is 3.92. The van der Waals surface area contributed by atoms with Crippen LogP contribution in [0.4, 0.5) is 5.69 Å². The van der Waals surface area contributed by atoms with E-state index in [9.17, 15) is 19.8 Å². The third-order valence-corrected chi connectivity index (χ3v) is 5.56. The Hall–Kier alpha value is -3.91. The van der Waals surface area contributed by atoms with Crippen LogP contribution in [-0.2, 0) is 9.59 Å². The van der Waals surface area contributed by atoms with Gasteiger partial charge in [-0.25, -0.2) is 4.98 Å². The van der Waals surface area contributed by atoms with E-state index in [1.807, 2.05) is 18.2 Å². The molecule has 1 aliphatic rings. The molecule has 0 saturated heterocycles. The standard InChI is InChI=1S/C26H26N2O6/c1-26(2,3)23(31)20-21(19-5-4-11-27-24(19)34-14-12-29)28(25(32)22(20)30)18-8-6-16(7-9-18)17-10-13-33-15-17/h4-11,13,15,21,29-30H,12,14H2,1-3H3. The summed E-state index contributed by atoms with van der Waals surface area (Å²) >= 11 is 0. The highest BCUT2D eigenvalue weighted by Gasteiger charge is 2.47. The Morgan fingerprint density at radius 1 is 1.15 bits per heavy atom. The van der Waals surface area contributed by atoms with Crippen molar-refractivity contribution < 1.29 is 29.0 Å². The lowest BCUT2D eigenvalue weighted by Crippen LogP contribution is -2.33. The molecule has 34 heavy (non-hydrogen) atoms. The number of carbonyl (C=O) groups is 2. The van der Waals surface area contributed by atoms with Crippen molar-refractivity contribution in [1.82, 2.24) is 4.98 Å². The van der Waals surface area contributed by atoms with Crippen molar-refractivity contribution in [1.29, 1.82) is 0 Å². The summed E-state index contributed by atoms with van der Waals surface area (Å²) in [6.07, 6.45) is 4.71. The molecule has 0 aliphatic carbocycles. The molecule has 0 bridgehead atoms. The van der Waals surface area contributed by atoms with Crippen molar-refractivity contribution in [2.45, 2.75) is 26.8 Å². The summed E-state index contributed by atoms with van der Waals surface area (Å²) in [6, 6.07) is 11.4. The molecule has 0 saturated carbocycles. The zero-order valence-corrected chi connectivity index (χ0v) is 19.2. The van der Waals surface area contributed by atoms with Crippen LogP contribution < -0.4 is 9.64 Å². The van der Waals surface area contributed by atoms with Crippen LogP contribution in [0.15, 0.2) is 76.9 Å². The smallest absolute Gasteiger partial charge is 0.294 e. The van der Waals surface area contributed by atoms with Crippen molar-refractivity contribution in [2.24, 2.45) is 5.41 Å². The maximum absolute atomic E-state index is 13.4. The van der Waals surface area contributed by atoms with E-state index in [0.29, 0.717) is 11.3 Å². The fourth-order valence-corrected chi connectivity index (χ4v) is 3.92. The SMILES string of the molecule is CC(C)(C)C(=O)C1=C(O)C(=O)N(c2ccc(-c3ccoc3)cc2)C1c1cccnc1OCCO. The number of aliphatic hydroxyl groups excluding tert-OH is 2. The third kappa shape index (κ3) is 4.20. The number of hydrogen-bond donors (Lipinski definition) is 2. The van der Waals surface area contributed by atoms with Crippen LogP contribution >= 0.6 is 0 Å². The second kappa shape index (κ2) is 9.15. The molecular formula is C26H26N2O6. The molecule has 8 nitrogen and oxygen atoms in total. The van der Waals surface area contributed by atoms with E-state index in [1.165, 1.54) is 11.1 Å². The second-order valence-corrected chi connectivity index (χ2v) is 8.95. The third-order valence-electron chi connectivity index (χ3n) is 5.56. The Balaban J connectivity index is 1.84. The summed E-state index contributed by atoms with van der Waals surface area (Å²) in [5.41, 5.74) is 1.82. The lowest BCUT2D eigenvalue weighted by molar-refractivity contribution is -0.123. The monoisotopic (exact) mass is 462 g/mol. The molecule has 1 aliphatic heterocycles. The van der Waals surface area contributed by atoms with Gasteiger partial charge in [-0.2, -0.15) is 0 Å². The number of nitrogens with zero attached hydrogens (tertiary/aromatic N) is 2. The maximum atomic E-state index is 13.4. The number of Topliss-reactive ketones (excluding diaryl/α,β-unsaturated/α-hetero) is 1. The van der Waals surface area contributed by atoms with Crippen molar-refractivity contribution in [3.8, 4) is 17.0 Å². The van der Waals surface area contributed by atoms with Crippen LogP contribution in [0.25, 0.3) is 11.1 Å². The predicted molar refractivity (Wildman–Crippen MR) is 125 cm³/mol. The molecule has 1 unspecified atom stereocenters. The van der Waals surface area contributed by atoms with Gasteiger partial charge in [-0.3, -0.25) is 14.5 Å². The lowest BCUT2D eigenvalue weighted by Gasteiger charge is -2.29. The molecule has 8 heteroatoms. The van der Waals surface area contributed by atoms with Gasteiger partial charge in [0.25, 0.3) is 5.91 Å². The summed E-state index contributed by atoms with van der Waals surface area (Å²) in [5, 5.41) is 20.1. The molecule has 1 aromatic carbocycles. The van der Waals surface area contributed by atoms with E-state index in [-0.39, 0.29) is 30.5 Å². The van der Waals surface area contributed by atoms with Crippen molar-refractivity contribution in [3.63, 3.8) is 0 Å². The first-order valence-corrected chi connectivity index (χ1v) is 10.9. The predicted octanol–water partition coefficient (Wildman–Crippen LogP) is 4.23. The molecule has 1 atom stereocenters. The summed E-state index contributed by atoms with van der Waals surface area (Å²) in [7, 11) is 0. The molecule has 2 N–H and O–H groups in total. The number of amides is 1. The van der Waals surface area contributed by atoms with Gasteiger partial charge in [0, 0.05) is 28.4 Å². The summed E-state index contributed by atoms with van der Waals surface area (Å²) in [5.74, 6) is -1.48. The highest BCUT2D eigenvalue weighted by molar-refractivity contribution is 6.17. The molecule has 4 rings (SSSR count). The quantitative estimate of drug-likeness (QED) is 0.540. The first-order chi connectivity index (χ1) is 16.2. The Kier molecular flexibility index (Phi) is 6.26. The molecule has 3 heterocycles. The molecule has 0 radical (unpaired) electrons. The molecule has 0 spiro atoms. The van der Waals surface area contributed by atoms with Gasteiger partial charge in [0.1, 0.15) is 12.6 Å². The molecule has 176 valence electrons. The number of aliphatic hydroxyl groups is 2. The topological polar surface area (TPSA) is 113 Å². The number of pyridine rings is 1. The zero-order valence-electron chi connectivity index (χ0n) is 19.2. The zero-order chi connectivity index (χ0) is 24.5. The minimum atomic E-state index is -0.957. The highest BCUT2D eigenvalue weighted by Crippen LogP contribution is 2.45. The van der Waals surface area contributed by atoms with Crippen molar-refractivity contribution in [2.75, 3.05) is 18.1 Å². The fraction of sp³-hybridized carbons (Fsp3) is 0.269. The van der Waals surface area contributed by atoms with Gasteiger partial charge < -0.3 is 19.4 Å². The number of hydrogen-bond acceptors (Lipinski definition) is 7. The van der Waals surface area contributed by atoms with E-state index in [2.05, 4.69) is 4.98 Å². The van der Waals surface area contributed by atoms with Gasteiger partial charge in [0.2, 0.25) is 5.88 Å². The van der Waals surface area contributed by atoms with Crippen LogP contribution in [-0.4, -0.2) is 40.1 Å². The van der Waals surface area contributed by atoms with Gasteiger partial charge in [-0.15, -0.1) is 0 Å². The van der Waals surface area contributed by atoms with Crippen LogP contribution in [0.1, 0.15) is 32.4 Å². The van der Waals surface area contributed by atoms with Gasteiger partial charge in [-0.1, -0.05) is 32.9 Å². The van der Waals surface area contributed by atoms with Crippen molar-refractivity contribution in [3.05, 3.63) is 78.1 Å². The molecular weight excluding hydrogens is 436 g/mol. The van der Waals surface area contributed by atoms with Gasteiger partial charge in [0.05, 0.1) is 24.7 Å². The van der Waals surface area contributed by atoms with Gasteiger partial charge in [-0.05, 0) is 35.9 Å². The van der Waals surface area contributed by atoms with Crippen LogP contribution in [0.2, 0.25) is 0 Å². The molecule has 2 aromatic heterocycles. The Morgan fingerprint density at radius 2 is 1.88 bits per heavy atom. The molecule has 1 amide bonds. The number of furan rings is 1. The van der Waals surface area contributed by atoms with Crippen molar-refractivity contribution >= 4 is 17.4 Å². The number of benzene rings is 1.